The van der Waals surface area contributed by atoms with Gasteiger partial charge in [0.1, 0.15) is 36.3 Å². The summed E-state index contributed by atoms with van der Waals surface area (Å²) in [6.45, 7) is 2.16. The second kappa shape index (κ2) is 20.2. The number of nitrogens with two attached hydrogens (primary N) is 1. The molecule has 25 nitrogen and oxygen atoms in total. The summed E-state index contributed by atoms with van der Waals surface area (Å²) in [5, 5.41) is 35.3. The molecule has 0 aliphatic carbocycles. The molecule has 3 heterocycles. The van der Waals surface area contributed by atoms with E-state index in [2.05, 4.69) is 34.4 Å². The van der Waals surface area contributed by atoms with Crippen molar-refractivity contribution in [2.45, 2.75) is 70.7 Å². The number of imidazole rings is 1. The monoisotopic (exact) mass is 879 g/mol. The van der Waals surface area contributed by atoms with E-state index >= 15 is 0 Å². The number of hydrogen-bond donors (Lipinski definition) is 10. The zero-order chi connectivity index (χ0) is 42.1. The fourth-order valence-corrected chi connectivity index (χ4v) is 8.16. The number of aliphatic hydroxyl groups excluding tert-OH is 3. The van der Waals surface area contributed by atoms with Crippen molar-refractivity contribution in [1.29, 1.82) is 0 Å². The van der Waals surface area contributed by atoms with E-state index in [0.29, 0.717) is 6.42 Å². The third-order valence-electron chi connectivity index (χ3n) is 7.57. The Bertz CT molecular complexity index is 1880. The fraction of sp³-hybridized carbons (Fsp3) is 0.630. The van der Waals surface area contributed by atoms with Gasteiger partial charge in [-0.3, -0.25) is 32.5 Å². The molecular formula is C27H44N7O18P3S. The smallest absolute Gasteiger partial charge is 0.481 e. The van der Waals surface area contributed by atoms with Gasteiger partial charge in [-0.05, 0) is 12.5 Å². The van der Waals surface area contributed by atoms with Gasteiger partial charge in [-0.15, -0.1) is 0 Å². The molecule has 2 aromatic heterocycles. The van der Waals surface area contributed by atoms with Crippen LogP contribution in [0, 0.1) is 5.41 Å². The summed E-state index contributed by atoms with van der Waals surface area (Å²) in [6.07, 6.45) is -4.33. The van der Waals surface area contributed by atoms with Crippen LogP contribution < -0.4 is 16.4 Å². The predicted octanol–water partition coefficient (Wildman–Crippen LogP) is -0.0933. The number of ether oxygens (including phenoxy) is 1. The van der Waals surface area contributed by atoms with Crippen molar-refractivity contribution in [3.8, 4) is 0 Å². The molecule has 0 spiro atoms. The first-order valence-corrected chi connectivity index (χ1v) is 21.9. The number of amides is 2. The molecule has 0 saturated carbocycles. The number of unbranched alkanes of at least 4 members (excludes halogenated alkanes) is 1. The number of allylic oxidation sites excluding steroid dienone is 1. The van der Waals surface area contributed by atoms with Gasteiger partial charge in [0.25, 0.3) is 5.12 Å². The summed E-state index contributed by atoms with van der Waals surface area (Å²) in [5.41, 5.74) is 4.23. The normalized spacial score (nSPS) is 22.0. The highest BCUT2D eigenvalue weighted by Crippen LogP contribution is 2.61. The largest absolute Gasteiger partial charge is 0.504 e. The molecule has 1 saturated heterocycles. The minimum atomic E-state index is -5.58. The number of aromatic nitrogens is 4. The Morgan fingerprint density at radius 2 is 1.77 bits per heavy atom. The van der Waals surface area contributed by atoms with E-state index in [1.165, 1.54) is 19.9 Å². The lowest BCUT2D eigenvalue weighted by Gasteiger charge is -2.30. The van der Waals surface area contributed by atoms with Gasteiger partial charge in [0.15, 0.2) is 23.5 Å². The van der Waals surface area contributed by atoms with Crippen molar-refractivity contribution < 1.29 is 85.6 Å². The van der Waals surface area contributed by atoms with Crippen LogP contribution in [0.2, 0.25) is 0 Å². The van der Waals surface area contributed by atoms with Gasteiger partial charge in [0, 0.05) is 30.7 Å². The number of nitrogen functional groups attached to an aromatic ring is 1. The number of nitrogens with one attached hydrogen (secondary N) is 2. The highest BCUT2D eigenvalue weighted by molar-refractivity contribution is 8.14. The Labute approximate surface area is 322 Å². The molecular weight excluding hydrogens is 835 g/mol. The van der Waals surface area contributed by atoms with Crippen LogP contribution in [0.4, 0.5) is 5.82 Å². The molecule has 316 valence electrons. The van der Waals surface area contributed by atoms with Crippen molar-refractivity contribution in [2.24, 2.45) is 5.41 Å². The van der Waals surface area contributed by atoms with Crippen LogP contribution >= 0.6 is 35.2 Å². The topological polar surface area (TPSA) is 384 Å². The highest BCUT2D eigenvalue weighted by Gasteiger charge is 2.50. The fourth-order valence-electron chi connectivity index (χ4n) is 4.71. The van der Waals surface area contributed by atoms with Gasteiger partial charge in [-0.2, -0.15) is 4.31 Å². The van der Waals surface area contributed by atoms with Crippen molar-refractivity contribution >= 4 is 69.1 Å². The molecule has 11 N–H and O–H groups in total. The molecule has 7 atom stereocenters. The third kappa shape index (κ3) is 14.2. The van der Waals surface area contributed by atoms with Crippen LogP contribution in [-0.4, -0.2) is 128 Å². The summed E-state index contributed by atoms with van der Waals surface area (Å²) >= 11 is 0.810. The first-order chi connectivity index (χ1) is 26.0. The van der Waals surface area contributed by atoms with E-state index < -0.39 is 89.7 Å². The maximum atomic E-state index is 12.7. The lowest BCUT2D eigenvalue weighted by Crippen LogP contribution is -2.46. The Kier molecular flexibility index (Phi) is 17.1. The predicted molar refractivity (Wildman–Crippen MR) is 193 cm³/mol. The van der Waals surface area contributed by atoms with Crippen LogP contribution in [0.1, 0.15) is 46.3 Å². The molecule has 0 aromatic carbocycles. The molecule has 2 aromatic rings. The van der Waals surface area contributed by atoms with Crippen LogP contribution in [0.15, 0.2) is 24.5 Å². The first-order valence-electron chi connectivity index (χ1n) is 16.4. The number of nitrogens with zero attached hydrogens (tertiary/aromatic N) is 4. The van der Waals surface area contributed by atoms with Gasteiger partial charge < -0.3 is 56.0 Å². The van der Waals surface area contributed by atoms with Crippen LogP contribution in [0.3, 0.4) is 0 Å². The molecule has 56 heavy (non-hydrogen) atoms. The summed E-state index contributed by atoms with van der Waals surface area (Å²) in [7, 11) is -16.4. The number of fused-ring (bicyclic) bond motifs is 1. The highest BCUT2D eigenvalue weighted by atomic mass is 32.2. The van der Waals surface area contributed by atoms with Crippen LogP contribution in [0.25, 0.3) is 11.2 Å². The SMILES string of the molecule is CCCC=C(O)C(=O)SCCNC(=O)CCNC(=O)[C@H](O)C(C)(C)COP(=O)(O)OP(=O)(O)OC[C@H]1O[C@@H](n2cnc3c(N)ncnc32)[C@H](O)[C@@H]1OP(=O)(O)O. The lowest BCUT2D eigenvalue weighted by atomic mass is 9.87. The summed E-state index contributed by atoms with van der Waals surface area (Å²) in [6, 6.07) is 0. The Hall–Kier alpha value is -2.90. The number of carbonyl (C=O) groups is 3. The second-order valence-electron chi connectivity index (χ2n) is 12.6. The standard InChI is InChI=1S/C27H44N7O18P3S/c1-4-5-6-15(35)26(40)56-10-9-29-17(36)7-8-30-24(39)21(38)27(2,3)12-49-55(46,47)52-54(44,45)48-11-16-20(51-53(41,42)43)19(37)25(50-16)34-14-33-18-22(28)31-13-32-23(18)34/h6,13-14,16,19-21,25,35,37-38H,4-5,7-12H2,1-3H3,(H,29,36)(H,30,39)(H,44,45)(H,46,47)(H2,28,31,32)(H2,41,42,43)/t16-,19-,20-,21+,25-/m1/s1. The molecule has 0 radical (unpaired) electrons. The average Bonchev–Trinajstić information content (AvgIpc) is 3.66. The second-order valence-corrected chi connectivity index (χ2v) is 17.9. The number of phosphoric acid groups is 3. The van der Waals surface area contributed by atoms with Crippen molar-refractivity contribution in [3.63, 3.8) is 0 Å². The first kappa shape index (κ1) is 47.5. The summed E-state index contributed by atoms with van der Waals surface area (Å²) < 4.78 is 62.0. The molecule has 1 aliphatic rings. The van der Waals surface area contributed by atoms with Crippen molar-refractivity contribution in [3.05, 3.63) is 24.5 Å². The molecule has 0 bridgehead atoms. The van der Waals surface area contributed by atoms with E-state index in [1.54, 1.807) is 0 Å². The van der Waals surface area contributed by atoms with Gasteiger partial charge in [-0.25, -0.2) is 28.6 Å². The quantitative estimate of drug-likeness (QED) is 0.0320. The Morgan fingerprint density at radius 3 is 2.43 bits per heavy atom. The van der Waals surface area contributed by atoms with Gasteiger partial charge in [-0.1, -0.05) is 39.0 Å². The minimum Gasteiger partial charge on any atom is -0.504 e. The maximum absolute atomic E-state index is 12.7. The zero-order valence-corrected chi connectivity index (χ0v) is 33.5. The van der Waals surface area contributed by atoms with E-state index in [0.717, 1.165) is 35.4 Å². The molecule has 2 amide bonds. The van der Waals surface area contributed by atoms with E-state index in [9.17, 15) is 63.0 Å². The molecule has 1 aliphatic heterocycles. The van der Waals surface area contributed by atoms with Crippen molar-refractivity contribution in [1.82, 2.24) is 30.2 Å². The molecule has 29 heteroatoms. The lowest BCUT2D eigenvalue weighted by molar-refractivity contribution is -0.137. The van der Waals surface area contributed by atoms with E-state index in [4.69, 9.17) is 19.5 Å². The summed E-state index contributed by atoms with van der Waals surface area (Å²) in [5.74, 6) is -1.74. The minimum absolute atomic E-state index is 0.0247. The maximum Gasteiger partial charge on any atom is 0.481 e. The van der Waals surface area contributed by atoms with Crippen LogP contribution in [-0.2, 0) is 50.7 Å². The van der Waals surface area contributed by atoms with Gasteiger partial charge in [0.05, 0.1) is 19.5 Å². The Morgan fingerprint density at radius 1 is 1.09 bits per heavy atom. The average molecular weight is 880 g/mol. The van der Waals surface area contributed by atoms with Gasteiger partial charge in [0.2, 0.25) is 11.8 Å². The molecule has 1 fully saturated rings. The number of rotatable bonds is 22. The molecule has 2 unspecified atom stereocenters. The number of carbonyl (C=O) groups excluding carboxylic acids is 3. The Balaban J connectivity index is 1.49. The number of hydrogen-bond acceptors (Lipinski definition) is 19. The van der Waals surface area contributed by atoms with Crippen LogP contribution in [0.5, 0.6) is 0 Å². The number of thioether (sulfide) groups is 1. The van der Waals surface area contributed by atoms with Gasteiger partial charge >= 0.3 is 23.5 Å². The summed E-state index contributed by atoms with van der Waals surface area (Å²) in [4.78, 5) is 87.3. The van der Waals surface area contributed by atoms with E-state index in [1.807, 2.05) is 6.92 Å². The molecule has 3 rings (SSSR count). The zero-order valence-electron chi connectivity index (χ0n) is 30.0. The number of phosphoric ester groups is 3. The van der Waals surface area contributed by atoms with Crippen molar-refractivity contribution in [2.75, 3.05) is 37.8 Å². The van der Waals surface area contributed by atoms with E-state index in [-0.39, 0.29) is 48.0 Å². The number of aliphatic hydroxyl groups is 3. The third-order valence-corrected chi connectivity index (χ3v) is 11.5. The number of anilines is 1.